The summed E-state index contributed by atoms with van der Waals surface area (Å²) in [7, 11) is 1.71. The molecule has 8 aromatic carbocycles. The predicted octanol–water partition coefficient (Wildman–Crippen LogP) is 12.0. The van der Waals surface area contributed by atoms with Crippen LogP contribution in [0.1, 0.15) is 0 Å². The summed E-state index contributed by atoms with van der Waals surface area (Å²) >= 11 is 0. The van der Waals surface area contributed by atoms with Crippen molar-refractivity contribution in [3.8, 4) is 28.0 Å². The van der Waals surface area contributed by atoms with Crippen LogP contribution in [-0.4, -0.2) is 7.11 Å². The van der Waals surface area contributed by atoms with Gasteiger partial charge in [-0.15, -0.1) is 0 Å². The quantitative estimate of drug-likeness (QED) is 0.182. The number of anilines is 3. The van der Waals surface area contributed by atoms with Gasteiger partial charge in [0, 0.05) is 17.1 Å². The number of fused-ring (bicyclic) bond motifs is 3. The largest absolute Gasteiger partial charge is 0.497 e. The molecule has 0 heterocycles. The molecule has 0 atom stereocenters. The number of hydrogen-bond acceptors (Lipinski definition) is 2. The van der Waals surface area contributed by atoms with Gasteiger partial charge in [0.25, 0.3) is 0 Å². The molecule has 0 saturated carbocycles. The molecule has 0 bridgehead atoms. The number of hydrogen-bond donors (Lipinski definition) is 0. The molecule has 0 aliphatic heterocycles. The molecule has 0 fully saturated rings. The molecule has 0 aliphatic carbocycles. The fourth-order valence-corrected chi connectivity index (χ4v) is 6.63. The van der Waals surface area contributed by atoms with E-state index < -0.39 is 0 Å². The van der Waals surface area contributed by atoms with Crippen molar-refractivity contribution >= 4 is 49.4 Å². The van der Waals surface area contributed by atoms with Gasteiger partial charge in [-0.3, -0.25) is 0 Å². The first-order valence-electron chi connectivity index (χ1n) is 15.3. The molecule has 0 saturated heterocycles. The standard InChI is InChI=1S/C43H31NO/c1-45-37-27-22-32(23-28-37)43-40-17-9-7-15-38(40)42(39-16-8-10-18-41(39)43)31-20-24-35(25-21-31)44(34-13-3-2-4-14-34)36-26-19-30-11-5-6-12-33(30)29-36/h2-29H,1H3. The monoisotopic (exact) mass is 577 g/mol. The number of para-hydroxylation sites is 1. The zero-order chi connectivity index (χ0) is 30.2. The lowest BCUT2D eigenvalue weighted by atomic mass is 9.86. The van der Waals surface area contributed by atoms with Crippen LogP contribution >= 0.6 is 0 Å². The number of benzene rings is 8. The zero-order valence-electron chi connectivity index (χ0n) is 25.0. The van der Waals surface area contributed by atoms with Crippen LogP contribution in [0.5, 0.6) is 5.75 Å². The molecule has 45 heavy (non-hydrogen) atoms. The second-order valence-electron chi connectivity index (χ2n) is 11.3. The summed E-state index contributed by atoms with van der Waals surface area (Å²) in [5.74, 6) is 0.859. The predicted molar refractivity (Wildman–Crippen MR) is 191 cm³/mol. The van der Waals surface area contributed by atoms with Crippen molar-refractivity contribution in [1.82, 2.24) is 0 Å². The Morgan fingerprint density at radius 2 is 0.822 bits per heavy atom. The first kappa shape index (κ1) is 26.7. The van der Waals surface area contributed by atoms with Crippen LogP contribution in [0.15, 0.2) is 170 Å². The molecule has 0 radical (unpaired) electrons. The molecule has 0 amide bonds. The molecule has 0 unspecified atom stereocenters. The summed E-state index contributed by atoms with van der Waals surface area (Å²) in [6.07, 6.45) is 0. The maximum Gasteiger partial charge on any atom is 0.118 e. The molecule has 0 aliphatic rings. The first-order chi connectivity index (χ1) is 22.3. The molecular formula is C43H31NO. The number of rotatable bonds is 6. The van der Waals surface area contributed by atoms with Crippen molar-refractivity contribution in [2.24, 2.45) is 0 Å². The molecule has 0 spiro atoms. The van der Waals surface area contributed by atoms with Crippen molar-refractivity contribution in [3.05, 3.63) is 170 Å². The van der Waals surface area contributed by atoms with Gasteiger partial charge in [-0.1, -0.05) is 121 Å². The Morgan fingerprint density at radius 3 is 1.38 bits per heavy atom. The number of ether oxygens (including phenoxy) is 1. The van der Waals surface area contributed by atoms with Crippen molar-refractivity contribution in [3.63, 3.8) is 0 Å². The minimum atomic E-state index is 0.859. The van der Waals surface area contributed by atoms with Crippen LogP contribution in [0.3, 0.4) is 0 Å². The third-order valence-corrected chi connectivity index (χ3v) is 8.73. The lowest BCUT2D eigenvalue weighted by molar-refractivity contribution is 0.415. The third kappa shape index (κ3) is 4.77. The molecule has 2 nitrogen and oxygen atoms in total. The van der Waals surface area contributed by atoms with Gasteiger partial charge >= 0.3 is 0 Å². The van der Waals surface area contributed by atoms with Crippen molar-refractivity contribution in [2.45, 2.75) is 0 Å². The lowest BCUT2D eigenvalue weighted by Crippen LogP contribution is -2.09. The van der Waals surface area contributed by atoms with Crippen LogP contribution in [-0.2, 0) is 0 Å². The van der Waals surface area contributed by atoms with E-state index in [-0.39, 0.29) is 0 Å². The average Bonchev–Trinajstić information content (AvgIpc) is 3.11. The van der Waals surface area contributed by atoms with Gasteiger partial charge in [-0.2, -0.15) is 0 Å². The maximum absolute atomic E-state index is 5.46. The lowest BCUT2D eigenvalue weighted by Gasteiger charge is -2.26. The highest BCUT2D eigenvalue weighted by Crippen LogP contribution is 2.44. The van der Waals surface area contributed by atoms with Crippen LogP contribution in [0.4, 0.5) is 17.1 Å². The fourth-order valence-electron chi connectivity index (χ4n) is 6.63. The van der Waals surface area contributed by atoms with Crippen LogP contribution in [0.25, 0.3) is 54.6 Å². The Kier molecular flexibility index (Phi) is 6.73. The number of nitrogens with zero attached hydrogens (tertiary/aromatic N) is 1. The highest BCUT2D eigenvalue weighted by atomic mass is 16.5. The van der Waals surface area contributed by atoms with Gasteiger partial charge in [0.2, 0.25) is 0 Å². The normalized spacial score (nSPS) is 11.2. The van der Waals surface area contributed by atoms with Gasteiger partial charge in [-0.05, 0) is 103 Å². The van der Waals surface area contributed by atoms with Crippen molar-refractivity contribution in [2.75, 3.05) is 12.0 Å². The summed E-state index contributed by atoms with van der Waals surface area (Å²) in [5.41, 5.74) is 8.24. The van der Waals surface area contributed by atoms with E-state index in [2.05, 4.69) is 163 Å². The smallest absolute Gasteiger partial charge is 0.118 e. The molecule has 8 rings (SSSR count). The summed E-state index contributed by atoms with van der Waals surface area (Å²) < 4.78 is 5.46. The molecule has 2 heteroatoms. The SMILES string of the molecule is COc1ccc(-c2c3ccccc3c(-c3ccc(N(c4ccccc4)c4ccc5ccccc5c4)cc3)c3ccccc23)cc1. The van der Waals surface area contributed by atoms with E-state index in [1.807, 2.05) is 12.1 Å². The maximum atomic E-state index is 5.46. The summed E-state index contributed by atoms with van der Waals surface area (Å²) in [5, 5.41) is 7.42. The molecule has 8 aromatic rings. The second-order valence-corrected chi connectivity index (χ2v) is 11.3. The minimum Gasteiger partial charge on any atom is -0.497 e. The van der Waals surface area contributed by atoms with Gasteiger partial charge in [-0.25, -0.2) is 0 Å². The van der Waals surface area contributed by atoms with Gasteiger partial charge < -0.3 is 9.64 Å². The van der Waals surface area contributed by atoms with E-state index in [0.717, 1.165) is 22.8 Å². The third-order valence-electron chi connectivity index (χ3n) is 8.73. The topological polar surface area (TPSA) is 12.5 Å². The first-order valence-corrected chi connectivity index (χ1v) is 15.3. The van der Waals surface area contributed by atoms with E-state index in [0.29, 0.717) is 0 Å². The highest BCUT2D eigenvalue weighted by Gasteiger charge is 2.18. The van der Waals surface area contributed by atoms with E-state index in [1.54, 1.807) is 7.11 Å². The minimum absolute atomic E-state index is 0.859. The fraction of sp³-hybridized carbons (Fsp3) is 0.0233. The summed E-state index contributed by atoms with van der Waals surface area (Å²) in [6.45, 7) is 0. The summed E-state index contributed by atoms with van der Waals surface area (Å²) in [6, 6.07) is 60.8. The number of methoxy groups -OCH3 is 1. The Morgan fingerprint density at radius 1 is 0.378 bits per heavy atom. The van der Waals surface area contributed by atoms with Crippen LogP contribution in [0.2, 0.25) is 0 Å². The van der Waals surface area contributed by atoms with E-state index >= 15 is 0 Å². The zero-order valence-corrected chi connectivity index (χ0v) is 25.0. The summed E-state index contributed by atoms with van der Waals surface area (Å²) in [4.78, 5) is 2.33. The van der Waals surface area contributed by atoms with Crippen LogP contribution < -0.4 is 9.64 Å². The molecule has 214 valence electrons. The molecular weight excluding hydrogens is 546 g/mol. The Labute approximate surface area is 263 Å². The van der Waals surface area contributed by atoms with Crippen LogP contribution in [0, 0.1) is 0 Å². The average molecular weight is 578 g/mol. The highest BCUT2D eigenvalue weighted by molar-refractivity contribution is 6.21. The van der Waals surface area contributed by atoms with Gasteiger partial charge in [0.05, 0.1) is 7.11 Å². The Balaban J connectivity index is 1.30. The van der Waals surface area contributed by atoms with Gasteiger partial charge in [0.1, 0.15) is 5.75 Å². The Bertz CT molecular complexity index is 2230. The van der Waals surface area contributed by atoms with E-state index in [9.17, 15) is 0 Å². The van der Waals surface area contributed by atoms with Crippen molar-refractivity contribution in [1.29, 1.82) is 0 Å². The second kappa shape index (κ2) is 11.3. The van der Waals surface area contributed by atoms with E-state index in [1.165, 1.54) is 54.6 Å². The van der Waals surface area contributed by atoms with Gasteiger partial charge in [0.15, 0.2) is 0 Å². The molecule has 0 N–H and O–H groups in total. The molecule has 0 aromatic heterocycles. The Hall–Kier alpha value is -5.86. The van der Waals surface area contributed by atoms with Crippen molar-refractivity contribution < 1.29 is 4.74 Å². The van der Waals surface area contributed by atoms with E-state index in [4.69, 9.17) is 4.74 Å².